The van der Waals surface area contributed by atoms with Crippen LogP contribution in [0.4, 0.5) is 13.2 Å². The topological polar surface area (TPSA) is 0 Å². The lowest BCUT2D eigenvalue weighted by Crippen LogP contribution is -2.45. The molecule has 0 atom stereocenters. The summed E-state index contributed by atoms with van der Waals surface area (Å²) in [5.41, 5.74) is -1.64. The SMILES string of the molecule is CC(C)(I)C(C)(C)C(F)(F)F. The summed E-state index contributed by atoms with van der Waals surface area (Å²) in [5, 5.41) is 0. The molecule has 0 aromatic rings. The Morgan fingerprint density at radius 2 is 1.18 bits per heavy atom. The smallest absolute Gasteiger partial charge is 0.170 e. The summed E-state index contributed by atoms with van der Waals surface area (Å²) in [7, 11) is 0. The van der Waals surface area contributed by atoms with Gasteiger partial charge in [0.05, 0.1) is 5.41 Å². The second-order valence-electron chi connectivity index (χ2n) is 3.60. The molecular formula is C7H12F3I. The van der Waals surface area contributed by atoms with Crippen LogP contribution in [0.15, 0.2) is 0 Å². The van der Waals surface area contributed by atoms with Gasteiger partial charge in [0.15, 0.2) is 0 Å². The zero-order valence-electron chi connectivity index (χ0n) is 7.01. The normalized spacial score (nSPS) is 15.3. The maximum absolute atomic E-state index is 12.3. The van der Waals surface area contributed by atoms with Crippen molar-refractivity contribution in [2.75, 3.05) is 0 Å². The Morgan fingerprint density at radius 1 is 0.909 bits per heavy atom. The third kappa shape index (κ3) is 2.23. The maximum atomic E-state index is 12.3. The van der Waals surface area contributed by atoms with Crippen LogP contribution in [-0.4, -0.2) is 9.60 Å². The molecule has 0 aromatic carbocycles. The molecule has 0 aromatic heterocycles. The van der Waals surface area contributed by atoms with E-state index < -0.39 is 15.0 Å². The van der Waals surface area contributed by atoms with E-state index in [1.54, 1.807) is 13.8 Å². The molecule has 0 aliphatic carbocycles. The van der Waals surface area contributed by atoms with Gasteiger partial charge < -0.3 is 0 Å². The summed E-state index contributed by atoms with van der Waals surface area (Å²) in [6.07, 6.45) is -4.13. The second kappa shape index (κ2) is 2.78. The van der Waals surface area contributed by atoms with Crippen molar-refractivity contribution in [1.29, 1.82) is 0 Å². The summed E-state index contributed by atoms with van der Waals surface area (Å²) >= 11 is 1.82. The van der Waals surface area contributed by atoms with E-state index in [9.17, 15) is 13.2 Å². The van der Waals surface area contributed by atoms with Crippen molar-refractivity contribution < 1.29 is 13.2 Å². The van der Waals surface area contributed by atoms with Crippen LogP contribution in [0.3, 0.4) is 0 Å². The zero-order valence-corrected chi connectivity index (χ0v) is 9.17. The predicted octanol–water partition coefficient (Wildman–Crippen LogP) is 3.79. The van der Waals surface area contributed by atoms with E-state index in [0.29, 0.717) is 0 Å². The number of alkyl halides is 4. The Balaban J connectivity index is 4.75. The van der Waals surface area contributed by atoms with E-state index in [-0.39, 0.29) is 0 Å². The Hall–Kier alpha value is 0.520. The van der Waals surface area contributed by atoms with Crippen LogP contribution >= 0.6 is 22.6 Å². The first-order valence-electron chi connectivity index (χ1n) is 3.26. The molecule has 68 valence electrons. The molecule has 4 heteroatoms. The van der Waals surface area contributed by atoms with Gasteiger partial charge in [0, 0.05) is 3.42 Å². The van der Waals surface area contributed by atoms with Crippen LogP contribution in [0.25, 0.3) is 0 Å². The summed E-state index contributed by atoms with van der Waals surface area (Å²) in [4.78, 5) is 0. The Bertz CT molecular complexity index is 125. The molecule has 0 nitrogen and oxygen atoms in total. The molecule has 0 unspecified atom stereocenters. The van der Waals surface area contributed by atoms with Gasteiger partial charge in [0.25, 0.3) is 0 Å². The lowest BCUT2D eigenvalue weighted by molar-refractivity contribution is -0.217. The first kappa shape index (κ1) is 11.5. The van der Waals surface area contributed by atoms with E-state index in [1.807, 2.05) is 22.6 Å². The van der Waals surface area contributed by atoms with Crippen molar-refractivity contribution >= 4 is 22.6 Å². The summed E-state index contributed by atoms with van der Waals surface area (Å²) in [6, 6.07) is 0. The molecule has 0 spiro atoms. The van der Waals surface area contributed by atoms with E-state index in [0.717, 1.165) is 0 Å². The summed E-state index contributed by atoms with van der Waals surface area (Å²) in [5.74, 6) is 0. The van der Waals surface area contributed by atoms with Crippen molar-refractivity contribution in [1.82, 2.24) is 0 Å². The van der Waals surface area contributed by atoms with Crippen LogP contribution in [0.1, 0.15) is 27.7 Å². The van der Waals surface area contributed by atoms with Gasteiger partial charge in [-0.15, -0.1) is 0 Å². The fourth-order valence-corrected chi connectivity index (χ4v) is 0.643. The van der Waals surface area contributed by atoms with E-state index in [2.05, 4.69) is 0 Å². The molecule has 0 aliphatic heterocycles. The zero-order chi connectivity index (χ0) is 9.50. The van der Waals surface area contributed by atoms with Crippen molar-refractivity contribution in [3.05, 3.63) is 0 Å². The third-order valence-corrected chi connectivity index (χ3v) is 3.54. The first-order chi connectivity index (χ1) is 4.50. The highest BCUT2D eigenvalue weighted by Crippen LogP contribution is 2.49. The molecule has 0 saturated carbocycles. The minimum Gasteiger partial charge on any atom is -0.170 e. The molecule has 11 heavy (non-hydrogen) atoms. The lowest BCUT2D eigenvalue weighted by Gasteiger charge is -2.38. The van der Waals surface area contributed by atoms with Gasteiger partial charge in [-0.1, -0.05) is 22.6 Å². The van der Waals surface area contributed by atoms with Crippen molar-refractivity contribution in [3.63, 3.8) is 0 Å². The number of rotatable bonds is 1. The molecule has 0 fully saturated rings. The number of hydrogen-bond acceptors (Lipinski definition) is 0. The molecule has 0 N–H and O–H groups in total. The molecular weight excluding hydrogens is 268 g/mol. The highest BCUT2D eigenvalue weighted by Gasteiger charge is 2.55. The number of halogens is 4. The fraction of sp³-hybridized carbons (Fsp3) is 1.00. The Morgan fingerprint density at radius 3 is 1.18 bits per heavy atom. The standard InChI is InChI=1S/C7H12F3I/c1-5(2,6(3,4)11)7(8,9)10/h1-4H3. The third-order valence-electron chi connectivity index (χ3n) is 2.19. The molecule has 0 saturated heterocycles. The van der Waals surface area contributed by atoms with Gasteiger partial charge in [-0.05, 0) is 27.7 Å². The van der Waals surface area contributed by atoms with Gasteiger partial charge in [0.2, 0.25) is 0 Å². The van der Waals surface area contributed by atoms with Gasteiger partial charge in [-0.25, -0.2) is 0 Å². The quantitative estimate of drug-likeness (QED) is 0.506. The predicted molar refractivity (Wildman–Crippen MR) is 47.9 cm³/mol. The minimum atomic E-state index is -4.13. The van der Waals surface area contributed by atoms with Crippen LogP contribution in [-0.2, 0) is 0 Å². The molecule has 0 bridgehead atoms. The van der Waals surface area contributed by atoms with Crippen LogP contribution in [0.5, 0.6) is 0 Å². The second-order valence-corrected chi connectivity index (χ2v) is 6.29. The minimum absolute atomic E-state index is 0.775. The average Bonchev–Trinajstić information content (AvgIpc) is 1.58. The van der Waals surface area contributed by atoms with Crippen LogP contribution in [0.2, 0.25) is 0 Å². The highest BCUT2D eigenvalue weighted by atomic mass is 127. The van der Waals surface area contributed by atoms with E-state index in [1.165, 1.54) is 13.8 Å². The molecule has 0 amide bonds. The molecule has 0 aliphatic rings. The molecule has 0 heterocycles. The van der Waals surface area contributed by atoms with Crippen LogP contribution in [0, 0.1) is 5.41 Å². The summed E-state index contributed by atoms with van der Waals surface area (Å²) < 4.78 is 36.2. The van der Waals surface area contributed by atoms with Gasteiger partial charge in [-0.2, -0.15) is 13.2 Å². The van der Waals surface area contributed by atoms with Crippen molar-refractivity contribution in [2.24, 2.45) is 5.41 Å². The van der Waals surface area contributed by atoms with Gasteiger partial charge in [0.1, 0.15) is 0 Å². The van der Waals surface area contributed by atoms with Crippen molar-refractivity contribution in [2.45, 2.75) is 37.3 Å². The number of hydrogen-bond donors (Lipinski definition) is 0. The first-order valence-corrected chi connectivity index (χ1v) is 4.33. The van der Waals surface area contributed by atoms with Crippen molar-refractivity contribution in [3.8, 4) is 0 Å². The maximum Gasteiger partial charge on any atom is 0.395 e. The van der Waals surface area contributed by atoms with E-state index in [4.69, 9.17) is 0 Å². The van der Waals surface area contributed by atoms with Gasteiger partial charge in [-0.3, -0.25) is 0 Å². The Kier molecular flexibility index (Phi) is 2.91. The lowest BCUT2D eigenvalue weighted by atomic mass is 9.80. The molecule has 0 rings (SSSR count). The largest absolute Gasteiger partial charge is 0.395 e. The monoisotopic (exact) mass is 280 g/mol. The highest BCUT2D eigenvalue weighted by molar-refractivity contribution is 14.1. The Labute approximate surface area is 78.7 Å². The van der Waals surface area contributed by atoms with Gasteiger partial charge >= 0.3 is 6.18 Å². The van der Waals surface area contributed by atoms with E-state index >= 15 is 0 Å². The van der Waals surface area contributed by atoms with Crippen LogP contribution < -0.4 is 0 Å². The summed E-state index contributed by atoms with van der Waals surface area (Å²) in [6.45, 7) is 5.61. The fourth-order valence-electron chi connectivity index (χ4n) is 0.337. The molecule has 0 radical (unpaired) electrons. The average molecular weight is 280 g/mol.